The summed E-state index contributed by atoms with van der Waals surface area (Å²) in [6.45, 7) is 0. The minimum absolute atomic E-state index is 0.449. The highest BCUT2D eigenvalue weighted by molar-refractivity contribution is 6.23. The molecule has 0 atom stereocenters. The predicted octanol–water partition coefficient (Wildman–Crippen LogP) is 13.7. The minimum atomic E-state index is -1.18. The Labute approximate surface area is 326 Å². The van der Waals surface area contributed by atoms with Crippen LogP contribution in [0.3, 0.4) is 0 Å². The topological polar surface area (TPSA) is 13.1 Å². The maximum atomic E-state index is 9.94. The Balaban J connectivity index is 1.54. The van der Waals surface area contributed by atoms with Gasteiger partial charge in [-0.3, -0.25) is 0 Å². The Morgan fingerprint density at radius 3 is 1.39 bits per heavy atom. The van der Waals surface area contributed by atoms with E-state index in [-0.39, 0.29) is 0 Å². The van der Waals surface area contributed by atoms with Crippen LogP contribution in [0.5, 0.6) is 0 Å². The van der Waals surface area contributed by atoms with Crippen molar-refractivity contribution in [3.8, 4) is 44.5 Å². The van der Waals surface area contributed by atoms with Gasteiger partial charge in [-0.15, -0.1) is 0 Å². The summed E-state index contributed by atoms with van der Waals surface area (Å²) in [4.78, 5) is 0. The lowest BCUT2D eigenvalue weighted by Gasteiger charge is -2.19. The van der Waals surface area contributed by atoms with E-state index in [1.807, 2.05) is 0 Å². The average molecular weight is 653 g/mol. The van der Waals surface area contributed by atoms with Gasteiger partial charge >= 0.3 is 0 Å². The zero-order valence-electron chi connectivity index (χ0n) is 54.4. The van der Waals surface area contributed by atoms with Crippen molar-refractivity contribution < 1.29 is 45.5 Å². The number of fused-ring (bicyclic) bond motifs is 7. The first-order chi connectivity index (χ1) is 36.8. The number of benzene rings is 9. The third-order valence-corrected chi connectivity index (χ3v) is 7.81. The molecule has 0 N–H and O–H groups in total. The summed E-state index contributed by atoms with van der Waals surface area (Å²) in [6, 6.07) is -29.8. The lowest BCUT2D eigenvalue weighted by molar-refractivity contribution is 0.672. The first-order valence-electron chi connectivity index (χ1n) is 29.4. The maximum Gasteiger partial charge on any atom is 0.143 e. The summed E-state index contributed by atoms with van der Waals surface area (Å²) < 4.78 is 277. The van der Waals surface area contributed by atoms with Gasteiger partial charge in [-0.25, -0.2) is 0 Å². The van der Waals surface area contributed by atoms with Crippen molar-refractivity contribution in [2.75, 3.05) is 0 Å². The van der Waals surface area contributed by atoms with Crippen molar-refractivity contribution in [2.45, 2.75) is 0 Å². The minimum Gasteiger partial charge on any atom is -0.455 e. The molecule has 0 unspecified atom stereocenters. The second kappa shape index (κ2) is 11.1. The molecule has 0 saturated heterocycles. The van der Waals surface area contributed by atoms with E-state index in [9.17, 15) is 13.7 Å². The van der Waals surface area contributed by atoms with Gasteiger partial charge in [0, 0.05) is 16.2 Å². The van der Waals surface area contributed by atoms with Crippen LogP contribution in [0.2, 0.25) is 0 Å². The number of hydrogen-bond acceptors (Lipinski definition) is 1. The van der Waals surface area contributed by atoms with Gasteiger partial charge in [0.25, 0.3) is 0 Å². The van der Waals surface area contributed by atoms with Crippen molar-refractivity contribution in [3.05, 3.63) is 181 Å². The highest BCUT2D eigenvalue weighted by Gasteiger charge is 2.19. The van der Waals surface area contributed by atoms with E-state index in [0.717, 1.165) is 0 Å². The van der Waals surface area contributed by atoms with Gasteiger partial charge < -0.3 is 4.42 Å². The molecule has 0 aliphatic rings. The summed E-state index contributed by atoms with van der Waals surface area (Å²) in [5.74, 6) is 0. The van der Waals surface area contributed by atoms with Crippen molar-refractivity contribution in [2.24, 2.45) is 0 Å². The molecule has 1 heteroatoms. The predicted molar refractivity (Wildman–Crippen MR) is 208 cm³/mol. The van der Waals surface area contributed by atoms with Crippen LogP contribution in [0.15, 0.2) is 186 Å². The van der Waals surface area contributed by atoms with Gasteiger partial charge in [0.1, 0.15) is 11.2 Å². The van der Waals surface area contributed by atoms with Crippen molar-refractivity contribution in [1.29, 1.82) is 0 Å². The SMILES string of the molecule is [2H]c1c([2H])c([2H])c(-c2c([2H])c(-c3c([2H])c([2H])c([2H])c([2H])c3[2H])c([2H])c(-c3c4c([2H])c([2H])c([2H])c([2H])c4c(-c4c([2H])c([2H])c5oc6c7c([2H])c([2H])c([2H])c([2H])c7c([2H])c([2H])c6c5c4[2H])c4c([2H])c([2H])c([2H])c([2H])c34)c2[2H])c([2H])c1[2H]. The number of rotatable bonds is 4. The van der Waals surface area contributed by atoms with Gasteiger partial charge in [0.15, 0.2) is 0 Å². The maximum absolute atomic E-state index is 9.94. The van der Waals surface area contributed by atoms with Gasteiger partial charge in [-0.2, -0.15) is 0 Å². The molecule has 228 valence electrons. The molecule has 0 spiro atoms. The first-order valence-corrected chi connectivity index (χ1v) is 14.4. The Hall–Kier alpha value is -6.44. The molecule has 0 amide bonds. The third-order valence-electron chi connectivity index (χ3n) is 7.81. The Bertz CT molecular complexity index is 4360. The lowest BCUT2D eigenvalue weighted by atomic mass is 9.84. The number of hydrogen-bond donors (Lipinski definition) is 0. The van der Waals surface area contributed by atoms with E-state index in [2.05, 4.69) is 0 Å². The summed E-state index contributed by atoms with van der Waals surface area (Å²) in [7, 11) is 0. The normalized spacial score (nSPS) is 20.2. The summed E-state index contributed by atoms with van der Waals surface area (Å²) in [6.07, 6.45) is 0. The second-order valence-corrected chi connectivity index (χ2v) is 10.5. The fraction of sp³-hybridized carbons (Fsp3) is 0. The largest absolute Gasteiger partial charge is 0.455 e. The Morgan fingerprint density at radius 1 is 0.306 bits per heavy atom. The van der Waals surface area contributed by atoms with E-state index in [0.29, 0.717) is 0 Å². The third kappa shape index (κ3) is 4.47. The molecule has 9 aromatic carbocycles. The Kier molecular flexibility index (Phi) is 2.50. The molecule has 10 aromatic rings. The molecule has 1 nitrogen and oxygen atoms in total. The fourth-order valence-electron chi connectivity index (χ4n) is 5.75. The molecule has 1 heterocycles. The zero-order chi connectivity index (χ0) is 58.4. The van der Waals surface area contributed by atoms with Crippen LogP contribution in [-0.2, 0) is 0 Å². The van der Waals surface area contributed by atoms with Crippen LogP contribution in [0, 0.1) is 0 Å². The van der Waals surface area contributed by atoms with Gasteiger partial charge in [-0.1, -0.05) is 145 Å². The van der Waals surface area contributed by atoms with E-state index in [1.54, 1.807) is 0 Å². The molecule has 10 rings (SSSR count). The average Bonchev–Trinajstić information content (AvgIpc) is 3.85. The number of furan rings is 1. The fourth-order valence-corrected chi connectivity index (χ4v) is 5.75. The first kappa shape index (κ1) is 11.1. The van der Waals surface area contributed by atoms with Crippen molar-refractivity contribution in [1.82, 2.24) is 0 Å². The van der Waals surface area contributed by atoms with E-state index in [1.165, 1.54) is 0 Å². The molecule has 49 heavy (non-hydrogen) atoms. The molecular formula is C48H30O. The van der Waals surface area contributed by atoms with Crippen LogP contribution in [0.1, 0.15) is 41.1 Å². The van der Waals surface area contributed by atoms with E-state index < -0.39 is 280 Å². The summed E-state index contributed by atoms with van der Waals surface area (Å²) in [5, 5.41) is -5.38. The summed E-state index contributed by atoms with van der Waals surface area (Å²) in [5.41, 5.74) is -8.50. The van der Waals surface area contributed by atoms with Gasteiger partial charge in [0.2, 0.25) is 0 Å². The second-order valence-electron chi connectivity index (χ2n) is 10.5. The van der Waals surface area contributed by atoms with E-state index >= 15 is 0 Å². The molecule has 0 saturated carbocycles. The highest BCUT2D eigenvalue weighted by atomic mass is 16.3. The molecule has 0 fully saturated rings. The van der Waals surface area contributed by atoms with Crippen molar-refractivity contribution in [3.63, 3.8) is 0 Å². The van der Waals surface area contributed by atoms with Crippen LogP contribution in [-0.4, -0.2) is 0 Å². The molecule has 0 radical (unpaired) electrons. The Morgan fingerprint density at radius 2 is 0.796 bits per heavy atom. The van der Waals surface area contributed by atoms with Gasteiger partial charge in [-0.05, 0) is 108 Å². The highest BCUT2D eigenvalue weighted by Crippen LogP contribution is 2.46. The standard InChI is InChI=1S/C48H30O/c1-3-13-31(14-4-1)35-27-36(32-15-5-2-6-16-32)29-37(28-35)47-41-21-11-9-19-39(41)46(40-20-10-12-22-42(40)47)34-24-26-45-44(30-34)43-25-23-33-17-7-8-18-38(33)48(43)49-45/h1-30H/i1D,2D,3D,4D,5D,6D,7D,8D,9D,10D,11D,12D,13D,14D,15D,16D,17D,18D,19D,20D,21D,22D,23D,24D,25D,26D,27D,28D,29D,30D. The molecule has 0 aliphatic heterocycles. The lowest BCUT2D eigenvalue weighted by Crippen LogP contribution is -1.92. The molecule has 1 aromatic heterocycles. The monoisotopic (exact) mass is 652 g/mol. The zero-order valence-corrected chi connectivity index (χ0v) is 24.4. The van der Waals surface area contributed by atoms with E-state index in [4.69, 9.17) is 31.8 Å². The molecule has 0 bridgehead atoms. The van der Waals surface area contributed by atoms with Crippen LogP contribution in [0.25, 0.3) is 98.8 Å². The van der Waals surface area contributed by atoms with Crippen LogP contribution >= 0.6 is 0 Å². The van der Waals surface area contributed by atoms with Crippen molar-refractivity contribution >= 4 is 54.3 Å². The van der Waals surface area contributed by atoms with Crippen LogP contribution < -0.4 is 0 Å². The summed E-state index contributed by atoms with van der Waals surface area (Å²) >= 11 is 0. The molecule has 0 aliphatic carbocycles. The van der Waals surface area contributed by atoms with Gasteiger partial charge in [0.05, 0.1) is 41.1 Å². The quantitative estimate of drug-likeness (QED) is 0.172. The van der Waals surface area contributed by atoms with Crippen LogP contribution in [0.4, 0.5) is 0 Å². The molecular weight excluding hydrogens is 593 g/mol. The smallest absolute Gasteiger partial charge is 0.143 e.